The van der Waals surface area contributed by atoms with Crippen molar-refractivity contribution in [2.24, 2.45) is 0 Å². The van der Waals surface area contributed by atoms with Crippen LogP contribution in [-0.4, -0.2) is 63.0 Å². The Balaban J connectivity index is 2.02. The fraction of sp³-hybridized carbons (Fsp3) is 0.579. The number of carbonyl (C=O) groups is 2. The van der Waals surface area contributed by atoms with Gasteiger partial charge >= 0.3 is 0 Å². The van der Waals surface area contributed by atoms with Gasteiger partial charge in [-0.3, -0.25) is 9.59 Å². The van der Waals surface area contributed by atoms with Gasteiger partial charge in [0.15, 0.2) is 0 Å². The van der Waals surface area contributed by atoms with Crippen LogP contribution in [0.3, 0.4) is 0 Å². The molecule has 1 aromatic carbocycles. The molecular weight excluding hydrogens is 382 g/mol. The minimum absolute atomic E-state index is 0.0824. The van der Waals surface area contributed by atoms with Crippen molar-refractivity contribution in [3.63, 3.8) is 0 Å². The molecule has 0 aromatic heterocycles. The number of hydrogen-bond acceptors (Lipinski definition) is 5. The van der Waals surface area contributed by atoms with Gasteiger partial charge in [-0.1, -0.05) is 18.2 Å². The highest BCUT2D eigenvalue weighted by molar-refractivity contribution is 7.89. The Bertz CT molecular complexity index is 769. The molecule has 156 valence electrons. The Hall–Kier alpha value is -1.97. The van der Waals surface area contributed by atoms with Gasteiger partial charge in [-0.05, 0) is 45.7 Å². The largest absolute Gasteiger partial charge is 0.376 e. The maximum Gasteiger partial charge on any atom is 0.241 e. The highest BCUT2D eigenvalue weighted by Crippen LogP contribution is 2.14. The molecule has 9 heteroatoms. The van der Waals surface area contributed by atoms with Crippen molar-refractivity contribution in [2.45, 2.75) is 50.2 Å². The van der Waals surface area contributed by atoms with Crippen LogP contribution in [0.2, 0.25) is 0 Å². The van der Waals surface area contributed by atoms with Gasteiger partial charge in [0.1, 0.15) is 0 Å². The number of amides is 2. The second kappa shape index (κ2) is 9.49. The van der Waals surface area contributed by atoms with Gasteiger partial charge in [0.05, 0.1) is 24.1 Å². The van der Waals surface area contributed by atoms with Crippen molar-refractivity contribution >= 4 is 21.8 Å². The Kier molecular flexibility index (Phi) is 7.56. The third-order valence-corrected chi connectivity index (χ3v) is 5.53. The molecule has 1 aromatic rings. The summed E-state index contributed by atoms with van der Waals surface area (Å²) in [5, 5.41) is 2.82. The van der Waals surface area contributed by atoms with Gasteiger partial charge in [0.25, 0.3) is 0 Å². The van der Waals surface area contributed by atoms with Gasteiger partial charge in [0, 0.05) is 18.7 Å². The first-order valence-electron chi connectivity index (χ1n) is 9.32. The van der Waals surface area contributed by atoms with Gasteiger partial charge in [-0.15, -0.1) is 0 Å². The third kappa shape index (κ3) is 7.21. The minimum atomic E-state index is -3.80. The molecule has 1 atom stereocenters. The van der Waals surface area contributed by atoms with Crippen LogP contribution in [0, 0.1) is 0 Å². The third-order valence-electron chi connectivity index (χ3n) is 4.12. The molecule has 2 amide bonds. The first-order chi connectivity index (χ1) is 13.1. The molecule has 0 aliphatic carbocycles. The quantitative estimate of drug-likeness (QED) is 0.661. The summed E-state index contributed by atoms with van der Waals surface area (Å²) >= 11 is 0. The minimum Gasteiger partial charge on any atom is -0.376 e. The molecule has 0 bridgehead atoms. The van der Waals surface area contributed by atoms with E-state index in [2.05, 4.69) is 10.0 Å². The van der Waals surface area contributed by atoms with E-state index < -0.39 is 28.0 Å². The fourth-order valence-corrected chi connectivity index (χ4v) is 3.87. The first kappa shape index (κ1) is 22.3. The van der Waals surface area contributed by atoms with E-state index in [4.69, 9.17) is 4.74 Å². The van der Waals surface area contributed by atoms with Crippen LogP contribution in [0.4, 0.5) is 0 Å². The summed E-state index contributed by atoms with van der Waals surface area (Å²) < 4.78 is 32.5. The molecular formula is C19H29N3O5S. The van der Waals surface area contributed by atoms with Crippen LogP contribution in [-0.2, 0) is 24.3 Å². The van der Waals surface area contributed by atoms with Crippen molar-refractivity contribution in [3.8, 4) is 0 Å². The van der Waals surface area contributed by atoms with E-state index >= 15 is 0 Å². The molecule has 1 heterocycles. The lowest BCUT2D eigenvalue weighted by atomic mass is 10.1. The highest BCUT2D eigenvalue weighted by Gasteiger charge is 2.26. The number of benzene rings is 1. The molecule has 28 heavy (non-hydrogen) atoms. The summed E-state index contributed by atoms with van der Waals surface area (Å²) in [6.45, 7) is 5.86. The molecule has 1 unspecified atom stereocenters. The second-order valence-electron chi connectivity index (χ2n) is 7.85. The standard InChI is InChI=1S/C19H29N3O5S/c1-19(2,3)21-17(23)14-22(13-15-8-7-11-27-15)18(24)12-20-28(25,26)16-9-5-4-6-10-16/h4-6,9-10,15,20H,7-8,11-14H2,1-3H3,(H,21,23). The average molecular weight is 412 g/mol. The Labute approximate surface area is 166 Å². The van der Waals surface area contributed by atoms with Crippen LogP contribution in [0.25, 0.3) is 0 Å². The lowest BCUT2D eigenvalue weighted by Gasteiger charge is -2.27. The van der Waals surface area contributed by atoms with Crippen molar-refractivity contribution in [3.05, 3.63) is 30.3 Å². The zero-order chi connectivity index (χ0) is 20.8. The zero-order valence-corrected chi connectivity index (χ0v) is 17.4. The van der Waals surface area contributed by atoms with E-state index in [1.807, 2.05) is 20.8 Å². The fourth-order valence-electron chi connectivity index (χ4n) is 2.87. The van der Waals surface area contributed by atoms with Crippen LogP contribution >= 0.6 is 0 Å². The number of rotatable bonds is 8. The monoisotopic (exact) mass is 411 g/mol. The van der Waals surface area contributed by atoms with E-state index in [0.717, 1.165) is 12.8 Å². The lowest BCUT2D eigenvalue weighted by molar-refractivity contribution is -0.137. The average Bonchev–Trinajstić information content (AvgIpc) is 3.11. The van der Waals surface area contributed by atoms with Crippen molar-refractivity contribution in [2.75, 3.05) is 26.2 Å². The smallest absolute Gasteiger partial charge is 0.241 e. The van der Waals surface area contributed by atoms with Crippen LogP contribution in [0.1, 0.15) is 33.6 Å². The molecule has 2 rings (SSSR count). The number of ether oxygens (including phenoxy) is 1. The summed E-state index contributed by atoms with van der Waals surface area (Å²) in [5.41, 5.74) is -0.426. The highest BCUT2D eigenvalue weighted by atomic mass is 32.2. The molecule has 1 aliphatic rings. The maximum atomic E-state index is 12.7. The summed E-state index contributed by atoms with van der Waals surface area (Å²) in [6, 6.07) is 7.83. The number of sulfonamides is 1. The van der Waals surface area contributed by atoms with E-state index in [1.165, 1.54) is 17.0 Å². The predicted molar refractivity (Wildman–Crippen MR) is 105 cm³/mol. The van der Waals surface area contributed by atoms with Crippen LogP contribution < -0.4 is 10.0 Å². The Morgan fingerprint density at radius 2 is 1.89 bits per heavy atom. The molecule has 0 radical (unpaired) electrons. The number of nitrogens with zero attached hydrogens (tertiary/aromatic N) is 1. The lowest BCUT2D eigenvalue weighted by Crippen LogP contribution is -2.50. The second-order valence-corrected chi connectivity index (χ2v) is 9.61. The van der Waals surface area contributed by atoms with Crippen LogP contribution in [0.15, 0.2) is 35.2 Å². The molecule has 2 N–H and O–H groups in total. The molecule has 0 saturated carbocycles. The molecule has 1 saturated heterocycles. The van der Waals surface area contributed by atoms with E-state index in [0.29, 0.717) is 6.61 Å². The van der Waals surface area contributed by atoms with Crippen LogP contribution in [0.5, 0.6) is 0 Å². The number of hydrogen-bond donors (Lipinski definition) is 2. The van der Waals surface area contributed by atoms with Crippen molar-refractivity contribution < 1.29 is 22.7 Å². The Morgan fingerprint density at radius 3 is 2.46 bits per heavy atom. The topological polar surface area (TPSA) is 105 Å². The van der Waals surface area contributed by atoms with Gasteiger partial charge in [0.2, 0.25) is 21.8 Å². The van der Waals surface area contributed by atoms with E-state index in [9.17, 15) is 18.0 Å². The number of nitrogens with one attached hydrogen (secondary N) is 2. The van der Waals surface area contributed by atoms with E-state index in [1.54, 1.807) is 18.2 Å². The predicted octanol–water partition coefficient (Wildman–Crippen LogP) is 0.887. The van der Waals surface area contributed by atoms with Gasteiger partial charge in [-0.2, -0.15) is 0 Å². The van der Waals surface area contributed by atoms with Gasteiger partial charge in [-0.25, -0.2) is 13.1 Å². The summed E-state index contributed by atoms with van der Waals surface area (Å²) in [5.74, 6) is -0.774. The van der Waals surface area contributed by atoms with Gasteiger partial charge < -0.3 is 15.0 Å². The molecule has 0 spiro atoms. The molecule has 1 aliphatic heterocycles. The molecule has 1 fully saturated rings. The normalized spacial score (nSPS) is 17.3. The van der Waals surface area contributed by atoms with E-state index in [-0.39, 0.29) is 30.0 Å². The summed E-state index contributed by atoms with van der Waals surface area (Å²) in [4.78, 5) is 26.4. The number of carbonyl (C=O) groups excluding carboxylic acids is 2. The molecule has 8 nitrogen and oxygen atoms in total. The maximum absolute atomic E-state index is 12.7. The summed E-state index contributed by atoms with van der Waals surface area (Å²) in [6.07, 6.45) is 1.57. The summed E-state index contributed by atoms with van der Waals surface area (Å²) in [7, 11) is -3.80. The van der Waals surface area contributed by atoms with Crippen molar-refractivity contribution in [1.82, 2.24) is 14.9 Å². The Morgan fingerprint density at radius 1 is 1.21 bits per heavy atom. The SMILES string of the molecule is CC(C)(C)NC(=O)CN(CC1CCCO1)C(=O)CNS(=O)(=O)c1ccccc1. The first-order valence-corrected chi connectivity index (χ1v) is 10.8. The zero-order valence-electron chi connectivity index (χ0n) is 16.6. The van der Waals surface area contributed by atoms with Crippen molar-refractivity contribution in [1.29, 1.82) is 0 Å².